The predicted octanol–water partition coefficient (Wildman–Crippen LogP) is 1.16. The number of alkyl carbamates (subject to hydrolysis) is 1. The van der Waals surface area contributed by atoms with Gasteiger partial charge in [0.15, 0.2) is 5.60 Å². The van der Waals surface area contributed by atoms with Crippen LogP contribution >= 0.6 is 0 Å². The van der Waals surface area contributed by atoms with Crippen molar-refractivity contribution in [2.75, 3.05) is 39.3 Å². The minimum Gasteiger partial charge on any atom is -0.441 e. The number of aliphatic hydroxyl groups is 1. The van der Waals surface area contributed by atoms with Gasteiger partial charge in [0.25, 0.3) is 5.91 Å². The average Bonchev–Trinajstić information content (AvgIpc) is 3.06. The van der Waals surface area contributed by atoms with E-state index in [9.17, 15) is 14.7 Å². The Morgan fingerprint density at radius 2 is 1.82 bits per heavy atom. The van der Waals surface area contributed by atoms with Gasteiger partial charge in [-0.3, -0.25) is 9.69 Å². The summed E-state index contributed by atoms with van der Waals surface area (Å²) in [6, 6.07) is 10.1. The number of benzene rings is 1. The zero-order valence-corrected chi connectivity index (χ0v) is 16.2. The highest BCUT2D eigenvalue weighted by Crippen LogP contribution is 2.31. The molecule has 1 aromatic carbocycles. The largest absolute Gasteiger partial charge is 0.441 e. The third kappa shape index (κ3) is 4.00. The molecular weight excluding hydrogens is 358 g/mol. The average molecular weight is 387 g/mol. The van der Waals surface area contributed by atoms with Crippen LogP contribution in [0.4, 0.5) is 4.79 Å². The van der Waals surface area contributed by atoms with Crippen LogP contribution in [0.5, 0.6) is 0 Å². The van der Waals surface area contributed by atoms with E-state index < -0.39 is 11.2 Å². The summed E-state index contributed by atoms with van der Waals surface area (Å²) in [5.41, 5.74) is -0.524. The normalized spacial score (nSPS) is 27.7. The number of β-amino-alcohol motifs (C(OH)–C–C–N with tert-alkyl or cyclic N) is 1. The number of nitrogens with one attached hydrogen (secondary N) is 1. The summed E-state index contributed by atoms with van der Waals surface area (Å²) in [4.78, 5) is 28.3. The van der Waals surface area contributed by atoms with Gasteiger partial charge in [-0.2, -0.15) is 0 Å². The minimum atomic E-state index is -1.32. The molecule has 1 atom stereocenters. The van der Waals surface area contributed by atoms with Gasteiger partial charge < -0.3 is 20.1 Å². The second kappa shape index (κ2) is 7.72. The number of rotatable bonds is 5. The number of amides is 2. The van der Waals surface area contributed by atoms with Crippen molar-refractivity contribution >= 4 is 12.0 Å². The van der Waals surface area contributed by atoms with Crippen molar-refractivity contribution in [3.63, 3.8) is 0 Å². The van der Waals surface area contributed by atoms with Gasteiger partial charge in [0, 0.05) is 45.6 Å². The Kier molecular flexibility index (Phi) is 5.29. The van der Waals surface area contributed by atoms with Gasteiger partial charge in [0.1, 0.15) is 5.60 Å². The number of hydrogen-bond donors (Lipinski definition) is 2. The molecule has 1 aromatic rings. The summed E-state index contributed by atoms with van der Waals surface area (Å²) in [5, 5.41) is 13.9. The molecule has 0 radical (unpaired) electrons. The fourth-order valence-electron chi connectivity index (χ4n) is 4.60. The van der Waals surface area contributed by atoms with E-state index in [4.69, 9.17) is 4.74 Å². The molecule has 3 fully saturated rings. The summed E-state index contributed by atoms with van der Waals surface area (Å²) in [6.45, 7) is 3.68. The molecule has 3 aliphatic heterocycles. The number of nitrogens with zero attached hydrogens (tertiary/aromatic N) is 2. The van der Waals surface area contributed by atoms with Crippen LogP contribution in [0.3, 0.4) is 0 Å². The Morgan fingerprint density at radius 3 is 2.50 bits per heavy atom. The molecule has 2 amide bonds. The monoisotopic (exact) mass is 387 g/mol. The Hall–Kier alpha value is -2.12. The first kappa shape index (κ1) is 19.2. The van der Waals surface area contributed by atoms with E-state index in [1.54, 1.807) is 0 Å². The summed E-state index contributed by atoms with van der Waals surface area (Å²) < 4.78 is 5.45. The van der Waals surface area contributed by atoms with Gasteiger partial charge >= 0.3 is 6.09 Å². The van der Waals surface area contributed by atoms with Crippen molar-refractivity contribution in [2.45, 2.75) is 43.3 Å². The standard InChI is InChI=1S/C21H29N3O4/c25-18-21(27,8-4-11-24(18)12-7-17-5-2-1-3-6-17)16-23-13-9-20(10-14-23)15-22-19(26)28-20/h1-3,5-6,27H,4,7-16H2,(H,22,26). The number of carbonyl (C=O) groups excluding carboxylic acids is 2. The van der Waals surface area contributed by atoms with E-state index in [1.807, 2.05) is 23.1 Å². The predicted molar refractivity (Wildman–Crippen MR) is 104 cm³/mol. The Balaban J connectivity index is 1.32. The lowest BCUT2D eigenvalue weighted by molar-refractivity contribution is -0.160. The molecule has 0 aliphatic carbocycles. The molecule has 1 spiro atoms. The highest BCUT2D eigenvalue weighted by molar-refractivity contribution is 5.86. The molecule has 4 rings (SSSR count). The lowest BCUT2D eigenvalue weighted by Crippen LogP contribution is -2.60. The number of likely N-dealkylation sites (tertiary alicyclic amines) is 2. The third-order valence-electron chi connectivity index (χ3n) is 6.33. The van der Waals surface area contributed by atoms with Crippen molar-refractivity contribution in [1.29, 1.82) is 0 Å². The van der Waals surface area contributed by atoms with Crippen LogP contribution in [0, 0.1) is 0 Å². The van der Waals surface area contributed by atoms with E-state index in [0.29, 0.717) is 45.7 Å². The molecule has 152 valence electrons. The molecule has 0 bridgehead atoms. The zero-order valence-electron chi connectivity index (χ0n) is 16.2. The van der Waals surface area contributed by atoms with Crippen LogP contribution < -0.4 is 5.32 Å². The first-order valence-corrected chi connectivity index (χ1v) is 10.2. The first-order chi connectivity index (χ1) is 13.5. The molecule has 2 N–H and O–H groups in total. The number of piperidine rings is 2. The van der Waals surface area contributed by atoms with Gasteiger partial charge in [0.05, 0.1) is 6.54 Å². The number of hydrogen-bond acceptors (Lipinski definition) is 5. The van der Waals surface area contributed by atoms with Crippen LogP contribution in [0.15, 0.2) is 30.3 Å². The zero-order chi connectivity index (χ0) is 19.6. The van der Waals surface area contributed by atoms with Gasteiger partial charge in [0.2, 0.25) is 0 Å². The van der Waals surface area contributed by atoms with Crippen LogP contribution in [-0.2, 0) is 16.0 Å². The highest BCUT2D eigenvalue weighted by atomic mass is 16.6. The first-order valence-electron chi connectivity index (χ1n) is 10.2. The quantitative estimate of drug-likeness (QED) is 0.792. The Morgan fingerprint density at radius 1 is 1.07 bits per heavy atom. The van der Waals surface area contributed by atoms with Crippen molar-refractivity contribution in [3.8, 4) is 0 Å². The van der Waals surface area contributed by atoms with Crippen LogP contribution in [0.25, 0.3) is 0 Å². The molecule has 3 saturated heterocycles. The van der Waals surface area contributed by atoms with E-state index in [0.717, 1.165) is 25.7 Å². The summed E-state index contributed by atoms with van der Waals surface area (Å²) in [7, 11) is 0. The third-order valence-corrected chi connectivity index (χ3v) is 6.33. The molecular formula is C21H29N3O4. The highest BCUT2D eigenvalue weighted by Gasteiger charge is 2.47. The molecule has 3 aliphatic rings. The van der Waals surface area contributed by atoms with Crippen molar-refractivity contribution in [1.82, 2.24) is 15.1 Å². The van der Waals surface area contributed by atoms with E-state index in [1.165, 1.54) is 5.56 Å². The van der Waals surface area contributed by atoms with E-state index >= 15 is 0 Å². The fraction of sp³-hybridized carbons (Fsp3) is 0.619. The maximum Gasteiger partial charge on any atom is 0.407 e. The molecule has 1 unspecified atom stereocenters. The Bertz CT molecular complexity index is 718. The van der Waals surface area contributed by atoms with Crippen molar-refractivity contribution < 1.29 is 19.4 Å². The van der Waals surface area contributed by atoms with Gasteiger partial charge in [-0.1, -0.05) is 30.3 Å². The van der Waals surface area contributed by atoms with E-state index in [-0.39, 0.29) is 12.0 Å². The van der Waals surface area contributed by atoms with Crippen LogP contribution in [-0.4, -0.2) is 77.4 Å². The molecule has 0 saturated carbocycles. The second-order valence-electron chi connectivity index (χ2n) is 8.37. The minimum absolute atomic E-state index is 0.149. The molecule has 7 heteroatoms. The second-order valence-corrected chi connectivity index (χ2v) is 8.37. The maximum absolute atomic E-state index is 13.0. The fourth-order valence-corrected chi connectivity index (χ4v) is 4.60. The SMILES string of the molecule is O=C1NCC2(CCN(CC3(O)CCCN(CCc4ccccc4)C3=O)CC2)O1. The van der Waals surface area contributed by atoms with Gasteiger partial charge in [-0.05, 0) is 24.8 Å². The summed E-state index contributed by atoms with van der Waals surface area (Å²) >= 11 is 0. The topological polar surface area (TPSA) is 82.1 Å². The smallest absolute Gasteiger partial charge is 0.407 e. The Labute approximate surface area is 165 Å². The summed E-state index contributed by atoms with van der Waals surface area (Å²) in [5.74, 6) is -0.149. The lowest BCUT2D eigenvalue weighted by atomic mass is 9.87. The van der Waals surface area contributed by atoms with Crippen molar-refractivity contribution in [2.24, 2.45) is 0 Å². The molecule has 28 heavy (non-hydrogen) atoms. The number of ether oxygens (including phenoxy) is 1. The van der Waals surface area contributed by atoms with Crippen molar-refractivity contribution in [3.05, 3.63) is 35.9 Å². The van der Waals surface area contributed by atoms with Crippen LogP contribution in [0.2, 0.25) is 0 Å². The van der Waals surface area contributed by atoms with Crippen LogP contribution in [0.1, 0.15) is 31.2 Å². The molecule has 7 nitrogen and oxygen atoms in total. The number of carbonyl (C=O) groups is 2. The summed E-state index contributed by atoms with van der Waals surface area (Å²) in [6.07, 6.45) is 3.24. The van der Waals surface area contributed by atoms with E-state index in [2.05, 4.69) is 22.3 Å². The maximum atomic E-state index is 13.0. The van der Waals surface area contributed by atoms with Gasteiger partial charge in [-0.15, -0.1) is 0 Å². The molecule has 0 aromatic heterocycles. The lowest BCUT2D eigenvalue weighted by Gasteiger charge is -2.43. The van der Waals surface area contributed by atoms with Gasteiger partial charge in [-0.25, -0.2) is 4.79 Å². The molecule has 3 heterocycles.